The van der Waals surface area contributed by atoms with E-state index in [1.54, 1.807) is 0 Å². The van der Waals surface area contributed by atoms with Crippen molar-refractivity contribution in [2.75, 3.05) is 32.1 Å². The van der Waals surface area contributed by atoms with Crippen LogP contribution < -0.4 is 10.4 Å². The molecule has 23 heavy (non-hydrogen) atoms. The zero-order valence-electron chi connectivity index (χ0n) is 15.2. The first kappa shape index (κ1) is 16.7. The van der Waals surface area contributed by atoms with Crippen LogP contribution in [-0.2, 0) is 9.31 Å². The van der Waals surface area contributed by atoms with Crippen LogP contribution in [0.25, 0.3) is 0 Å². The lowest BCUT2D eigenvalue weighted by Crippen LogP contribution is -2.41. The van der Waals surface area contributed by atoms with Crippen LogP contribution in [0.15, 0.2) is 18.3 Å². The molecule has 1 atom stereocenters. The highest BCUT2D eigenvalue weighted by molar-refractivity contribution is 6.62. The summed E-state index contributed by atoms with van der Waals surface area (Å²) in [6.45, 7) is 10.4. The number of hydrogen-bond acceptors (Lipinski definition) is 5. The lowest BCUT2D eigenvalue weighted by molar-refractivity contribution is 0.00578. The summed E-state index contributed by atoms with van der Waals surface area (Å²) in [6, 6.07) is 4.77. The first-order valence-corrected chi connectivity index (χ1v) is 8.42. The highest BCUT2D eigenvalue weighted by Gasteiger charge is 2.51. The zero-order chi connectivity index (χ0) is 16.8. The van der Waals surface area contributed by atoms with Gasteiger partial charge in [-0.25, -0.2) is 4.98 Å². The molecule has 0 amide bonds. The number of likely N-dealkylation sites (N-methyl/N-ethyl adjacent to an activating group) is 1. The van der Waals surface area contributed by atoms with E-state index in [4.69, 9.17) is 9.31 Å². The normalized spacial score (nSPS) is 26.3. The Kier molecular flexibility index (Phi) is 4.19. The Morgan fingerprint density at radius 1 is 1.17 bits per heavy atom. The zero-order valence-corrected chi connectivity index (χ0v) is 15.2. The average Bonchev–Trinajstić information content (AvgIpc) is 3.03. The van der Waals surface area contributed by atoms with Crippen LogP contribution in [0.4, 0.5) is 5.82 Å². The molecule has 2 aliphatic rings. The van der Waals surface area contributed by atoms with E-state index in [1.807, 2.05) is 6.20 Å². The number of hydrogen-bond donors (Lipinski definition) is 0. The maximum atomic E-state index is 6.08. The minimum Gasteiger partial charge on any atom is -0.399 e. The quantitative estimate of drug-likeness (QED) is 0.790. The Morgan fingerprint density at radius 2 is 1.83 bits per heavy atom. The number of rotatable bonds is 3. The summed E-state index contributed by atoms with van der Waals surface area (Å²) < 4.78 is 12.2. The van der Waals surface area contributed by atoms with Crippen LogP contribution in [0.2, 0.25) is 0 Å². The Morgan fingerprint density at radius 3 is 2.30 bits per heavy atom. The molecular weight excluding hydrogens is 289 g/mol. The summed E-state index contributed by atoms with van der Waals surface area (Å²) in [5, 5.41) is 0. The van der Waals surface area contributed by atoms with Gasteiger partial charge >= 0.3 is 7.12 Å². The smallest absolute Gasteiger partial charge is 0.399 e. The minimum atomic E-state index is -0.338. The summed E-state index contributed by atoms with van der Waals surface area (Å²) in [6.07, 6.45) is 3.08. The van der Waals surface area contributed by atoms with Gasteiger partial charge in [-0.05, 0) is 54.3 Å². The molecule has 0 aromatic carbocycles. The summed E-state index contributed by atoms with van der Waals surface area (Å²) in [7, 11) is 3.95. The number of aromatic nitrogens is 1. The highest BCUT2D eigenvalue weighted by Crippen LogP contribution is 2.36. The summed E-state index contributed by atoms with van der Waals surface area (Å²) in [5.41, 5.74) is 0.352. The van der Waals surface area contributed by atoms with Crippen molar-refractivity contribution in [1.29, 1.82) is 0 Å². The molecular formula is C17H28BN3O2. The number of anilines is 1. The largest absolute Gasteiger partial charge is 0.496 e. The van der Waals surface area contributed by atoms with Gasteiger partial charge in [0.05, 0.1) is 11.2 Å². The first-order valence-electron chi connectivity index (χ1n) is 8.42. The topological polar surface area (TPSA) is 37.8 Å². The molecule has 1 aromatic rings. The van der Waals surface area contributed by atoms with Crippen molar-refractivity contribution in [2.24, 2.45) is 0 Å². The molecule has 0 N–H and O–H groups in total. The van der Waals surface area contributed by atoms with Crippen molar-refractivity contribution in [3.8, 4) is 0 Å². The summed E-state index contributed by atoms with van der Waals surface area (Å²) in [4.78, 5) is 9.28. The Hall–Kier alpha value is -1.11. The molecule has 1 unspecified atom stereocenters. The lowest BCUT2D eigenvalue weighted by Gasteiger charge is -2.32. The van der Waals surface area contributed by atoms with Crippen LogP contribution in [0.5, 0.6) is 0 Å². The maximum absolute atomic E-state index is 6.08. The summed E-state index contributed by atoms with van der Waals surface area (Å²) >= 11 is 0. The summed E-state index contributed by atoms with van der Waals surface area (Å²) in [5.74, 6) is 1.04. The van der Waals surface area contributed by atoms with Gasteiger partial charge in [0.1, 0.15) is 5.82 Å². The fourth-order valence-corrected chi connectivity index (χ4v) is 3.07. The molecule has 2 fully saturated rings. The van der Waals surface area contributed by atoms with Crippen molar-refractivity contribution >= 4 is 18.4 Å². The van der Waals surface area contributed by atoms with E-state index in [-0.39, 0.29) is 18.3 Å². The molecule has 0 saturated carbocycles. The number of pyridine rings is 1. The fourth-order valence-electron chi connectivity index (χ4n) is 3.07. The van der Waals surface area contributed by atoms with Crippen molar-refractivity contribution in [3.05, 3.63) is 18.3 Å². The highest BCUT2D eigenvalue weighted by atomic mass is 16.7. The standard InChI is InChI=1S/C17H28BN3O2/c1-16(2)17(3,4)23-18(22-16)13-7-8-15(19-11-13)21-10-9-14(12-21)20(5)6/h7-8,11,14H,9-10,12H2,1-6H3. The van der Waals surface area contributed by atoms with Gasteiger partial charge in [-0.15, -0.1) is 0 Å². The molecule has 0 radical (unpaired) electrons. The van der Waals surface area contributed by atoms with Gasteiger partial charge in [0.25, 0.3) is 0 Å². The Balaban J connectivity index is 1.69. The molecule has 2 saturated heterocycles. The second-order valence-corrected chi connectivity index (χ2v) is 7.89. The van der Waals surface area contributed by atoms with E-state index in [0.29, 0.717) is 6.04 Å². The van der Waals surface area contributed by atoms with Crippen LogP contribution in [-0.4, -0.2) is 61.4 Å². The van der Waals surface area contributed by atoms with E-state index < -0.39 is 0 Å². The fraction of sp³-hybridized carbons (Fsp3) is 0.706. The molecule has 126 valence electrons. The van der Waals surface area contributed by atoms with E-state index >= 15 is 0 Å². The van der Waals surface area contributed by atoms with Crippen LogP contribution in [0, 0.1) is 0 Å². The van der Waals surface area contributed by atoms with Gasteiger partial charge in [-0.3, -0.25) is 0 Å². The van der Waals surface area contributed by atoms with Crippen LogP contribution >= 0.6 is 0 Å². The molecule has 2 aliphatic heterocycles. The number of nitrogens with zero attached hydrogens (tertiary/aromatic N) is 3. The third-order valence-corrected chi connectivity index (χ3v) is 5.51. The molecule has 0 bridgehead atoms. The van der Waals surface area contributed by atoms with Crippen molar-refractivity contribution in [1.82, 2.24) is 9.88 Å². The predicted octanol–water partition coefficient (Wildman–Crippen LogP) is 1.52. The second kappa shape index (κ2) is 5.76. The van der Waals surface area contributed by atoms with Gasteiger partial charge in [0.2, 0.25) is 0 Å². The maximum Gasteiger partial charge on any atom is 0.496 e. The predicted molar refractivity (Wildman–Crippen MR) is 94.3 cm³/mol. The monoisotopic (exact) mass is 317 g/mol. The van der Waals surface area contributed by atoms with Crippen molar-refractivity contribution in [2.45, 2.75) is 51.4 Å². The molecule has 1 aromatic heterocycles. The van der Waals surface area contributed by atoms with E-state index in [9.17, 15) is 0 Å². The third-order valence-electron chi connectivity index (χ3n) is 5.51. The molecule has 5 nitrogen and oxygen atoms in total. The molecule has 6 heteroatoms. The average molecular weight is 317 g/mol. The van der Waals surface area contributed by atoms with Crippen molar-refractivity contribution < 1.29 is 9.31 Å². The molecule has 3 heterocycles. The van der Waals surface area contributed by atoms with Gasteiger partial charge in [0, 0.05) is 30.8 Å². The third kappa shape index (κ3) is 3.12. The van der Waals surface area contributed by atoms with E-state index in [0.717, 1.165) is 24.4 Å². The molecule has 0 spiro atoms. The van der Waals surface area contributed by atoms with Crippen LogP contribution in [0.3, 0.4) is 0 Å². The van der Waals surface area contributed by atoms with Crippen LogP contribution in [0.1, 0.15) is 34.1 Å². The van der Waals surface area contributed by atoms with Gasteiger partial charge in [-0.1, -0.05) is 6.07 Å². The van der Waals surface area contributed by atoms with Gasteiger partial charge in [0.15, 0.2) is 0 Å². The Bertz CT molecular complexity index is 543. The van der Waals surface area contributed by atoms with Crippen molar-refractivity contribution in [3.63, 3.8) is 0 Å². The molecule has 0 aliphatic carbocycles. The lowest BCUT2D eigenvalue weighted by atomic mass is 9.80. The van der Waals surface area contributed by atoms with E-state index in [1.165, 1.54) is 6.42 Å². The molecule has 3 rings (SSSR count). The second-order valence-electron chi connectivity index (χ2n) is 7.89. The minimum absolute atomic E-state index is 0.315. The first-order chi connectivity index (χ1) is 10.7. The Labute approximate surface area is 140 Å². The van der Waals surface area contributed by atoms with E-state index in [2.05, 4.69) is 68.7 Å². The van der Waals surface area contributed by atoms with Gasteiger partial charge in [-0.2, -0.15) is 0 Å². The van der Waals surface area contributed by atoms with Gasteiger partial charge < -0.3 is 19.1 Å². The SMILES string of the molecule is CN(C)C1CCN(c2ccc(B3OC(C)(C)C(C)(C)O3)cn2)C1.